The van der Waals surface area contributed by atoms with Crippen LogP contribution in [0.1, 0.15) is 27.2 Å². The third-order valence-corrected chi connectivity index (χ3v) is 2.94. The first-order valence-electron chi connectivity index (χ1n) is 5.36. The molecule has 116 valence electrons. The molecule has 2 nitrogen and oxygen atoms in total. The van der Waals surface area contributed by atoms with Crippen LogP contribution < -0.4 is 0 Å². The lowest BCUT2D eigenvalue weighted by molar-refractivity contribution is -0.361. The van der Waals surface area contributed by atoms with Crippen molar-refractivity contribution in [2.45, 2.75) is 56.9 Å². The summed E-state index contributed by atoms with van der Waals surface area (Å²) >= 11 is 0. The van der Waals surface area contributed by atoms with E-state index < -0.39 is 42.8 Å². The first-order chi connectivity index (χ1) is 8.25. The maximum Gasteiger partial charge on any atom is 0.427 e. The highest BCUT2D eigenvalue weighted by atomic mass is 19.4. The Hall–Kier alpha value is -0.570. The van der Waals surface area contributed by atoms with E-state index in [9.17, 15) is 30.7 Å². The van der Waals surface area contributed by atoms with Crippen LogP contribution in [0, 0.1) is 0 Å². The van der Waals surface area contributed by atoms with Gasteiger partial charge in [-0.3, -0.25) is 0 Å². The third-order valence-electron chi connectivity index (χ3n) is 2.94. The Bertz CT molecular complexity index is 303. The molecule has 0 aliphatic rings. The lowest BCUT2D eigenvalue weighted by Crippen LogP contribution is -2.57. The van der Waals surface area contributed by atoms with E-state index in [0.29, 0.717) is 13.8 Å². The summed E-state index contributed by atoms with van der Waals surface area (Å²) < 4.78 is 94.2. The first-order valence-corrected chi connectivity index (χ1v) is 5.36. The molecule has 0 saturated heterocycles. The van der Waals surface area contributed by atoms with Gasteiger partial charge in [0.05, 0.1) is 6.61 Å². The number of aliphatic hydroxyl groups excluding tert-OH is 1. The van der Waals surface area contributed by atoms with Gasteiger partial charge in [0.2, 0.25) is 0 Å². The molecule has 0 fully saturated rings. The van der Waals surface area contributed by atoms with Crippen LogP contribution in [0.4, 0.5) is 30.7 Å². The van der Waals surface area contributed by atoms with E-state index in [4.69, 9.17) is 5.11 Å². The van der Waals surface area contributed by atoms with Gasteiger partial charge in [-0.25, -0.2) is 8.78 Å². The van der Waals surface area contributed by atoms with Gasteiger partial charge >= 0.3 is 12.3 Å². The van der Waals surface area contributed by atoms with Crippen molar-refractivity contribution < 1.29 is 40.6 Å². The molecule has 0 amide bonds. The fourth-order valence-electron chi connectivity index (χ4n) is 1.09. The number of halogens is 7. The summed E-state index contributed by atoms with van der Waals surface area (Å²) in [6.07, 6.45) is -13.8. The second kappa shape index (κ2) is 5.43. The van der Waals surface area contributed by atoms with Gasteiger partial charge < -0.3 is 9.84 Å². The topological polar surface area (TPSA) is 29.5 Å². The van der Waals surface area contributed by atoms with Crippen molar-refractivity contribution >= 4 is 0 Å². The zero-order chi connectivity index (χ0) is 15.7. The maximum atomic E-state index is 13.5. The summed E-state index contributed by atoms with van der Waals surface area (Å²) in [6.45, 7) is -0.307. The van der Waals surface area contributed by atoms with E-state index >= 15 is 0 Å². The fraction of sp³-hybridized carbons (Fsp3) is 1.00. The molecule has 3 atom stereocenters. The van der Waals surface area contributed by atoms with Crippen molar-refractivity contribution in [1.29, 1.82) is 0 Å². The summed E-state index contributed by atoms with van der Waals surface area (Å²) in [5, 5.41) is 8.43. The summed E-state index contributed by atoms with van der Waals surface area (Å²) in [6, 6.07) is 0. The van der Waals surface area contributed by atoms with Crippen LogP contribution in [-0.2, 0) is 4.74 Å². The molecule has 0 rings (SSSR count). The Kier molecular flexibility index (Phi) is 5.27. The van der Waals surface area contributed by atoms with Gasteiger partial charge in [0.25, 0.3) is 5.67 Å². The predicted molar refractivity (Wildman–Crippen MR) is 52.3 cm³/mol. The first kappa shape index (κ1) is 18.4. The highest BCUT2D eigenvalue weighted by molar-refractivity contribution is 4.94. The van der Waals surface area contributed by atoms with Crippen molar-refractivity contribution in [1.82, 2.24) is 0 Å². The van der Waals surface area contributed by atoms with Gasteiger partial charge in [0.15, 0.2) is 5.67 Å². The normalized spacial score (nSPS) is 21.6. The number of hydrogen-bond acceptors (Lipinski definition) is 2. The van der Waals surface area contributed by atoms with E-state index in [0.717, 1.165) is 6.92 Å². The minimum atomic E-state index is -5.63. The number of hydrogen-bond donors (Lipinski definition) is 1. The molecule has 0 spiro atoms. The van der Waals surface area contributed by atoms with Crippen LogP contribution in [0.5, 0.6) is 0 Å². The largest absolute Gasteiger partial charge is 0.427 e. The SMILES string of the molecule is CCC(C)(F)C(F)(F)OC(C)C(F)(CO)C(F)(F)F. The van der Waals surface area contributed by atoms with Gasteiger partial charge in [0, 0.05) is 0 Å². The zero-order valence-corrected chi connectivity index (χ0v) is 10.5. The monoisotopic (exact) mass is 300 g/mol. The molecule has 9 heteroatoms. The Balaban J connectivity index is 5.20. The molecule has 0 radical (unpaired) electrons. The van der Waals surface area contributed by atoms with Gasteiger partial charge in [-0.15, -0.1) is 0 Å². The van der Waals surface area contributed by atoms with Crippen LogP contribution in [0.25, 0.3) is 0 Å². The minimum Gasteiger partial charge on any atom is -0.393 e. The second-order valence-corrected chi connectivity index (χ2v) is 4.35. The van der Waals surface area contributed by atoms with Crippen molar-refractivity contribution in [3.8, 4) is 0 Å². The highest BCUT2D eigenvalue weighted by Gasteiger charge is 2.63. The van der Waals surface area contributed by atoms with Gasteiger partial charge in [-0.2, -0.15) is 22.0 Å². The Morgan fingerprint density at radius 3 is 1.74 bits per heavy atom. The van der Waals surface area contributed by atoms with Crippen LogP contribution in [0.3, 0.4) is 0 Å². The van der Waals surface area contributed by atoms with Crippen LogP contribution in [0.2, 0.25) is 0 Å². The molecular weight excluding hydrogens is 285 g/mol. The molecule has 0 aliphatic heterocycles. The van der Waals surface area contributed by atoms with Gasteiger partial charge in [0.1, 0.15) is 6.10 Å². The third kappa shape index (κ3) is 3.50. The number of ether oxygens (including phenoxy) is 1. The second-order valence-electron chi connectivity index (χ2n) is 4.35. The van der Waals surface area contributed by atoms with Crippen molar-refractivity contribution in [2.24, 2.45) is 0 Å². The van der Waals surface area contributed by atoms with Crippen LogP contribution in [-0.4, -0.2) is 41.4 Å². The molecule has 0 bridgehead atoms. The summed E-state index contributed by atoms with van der Waals surface area (Å²) in [7, 11) is 0. The lowest BCUT2D eigenvalue weighted by atomic mass is 9.99. The van der Waals surface area contributed by atoms with E-state index in [2.05, 4.69) is 4.74 Å². The highest BCUT2D eigenvalue weighted by Crippen LogP contribution is 2.43. The Morgan fingerprint density at radius 1 is 1.05 bits per heavy atom. The minimum absolute atomic E-state index is 0.351. The molecule has 0 aliphatic carbocycles. The molecule has 0 aromatic heterocycles. The molecule has 19 heavy (non-hydrogen) atoms. The molecule has 0 aromatic carbocycles. The van der Waals surface area contributed by atoms with Crippen molar-refractivity contribution in [2.75, 3.05) is 6.61 Å². The Morgan fingerprint density at radius 2 is 1.47 bits per heavy atom. The van der Waals surface area contributed by atoms with Crippen molar-refractivity contribution in [3.63, 3.8) is 0 Å². The average Bonchev–Trinajstić information content (AvgIpc) is 2.25. The van der Waals surface area contributed by atoms with Crippen LogP contribution in [0.15, 0.2) is 0 Å². The molecule has 0 saturated carbocycles. The molecular formula is C10H15F7O2. The van der Waals surface area contributed by atoms with Crippen molar-refractivity contribution in [3.05, 3.63) is 0 Å². The van der Waals surface area contributed by atoms with E-state index in [1.165, 1.54) is 0 Å². The number of aliphatic hydroxyl groups is 1. The predicted octanol–water partition coefficient (Wildman–Crippen LogP) is 3.39. The summed E-state index contributed by atoms with van der Waals surface area (Å²) in [5.74, 6) is 0. The van der Waals surface area contributed by atoms with Gasteiger partial charge in [-0.1, -0.05) is 6.92 Å². The summed E-state index contributed by atoms with van der Waals surface area (Å²) in [4.78, 5) is 0. The maximum absolute atomic E-state index is 13.5. The Labute approximate surface area is 105 Å². The lowest BCUT2D eigenvalue weighted by Gasteiger charge is -2.36. The molecule has 0 heterocycles. The quantitative estimate of drug-likeness (QED) is 0.762. The zero-order valence-electron chi connectivity index (χ0n) is 10.5. The average molecular weight is 300 g/mol. The number of rotatable bonds is 6. The number of alkyl halides is 7. The fourth-order valence-corrected chi connectivity index (χ4v) is 1.09. The smallest absolute Gasteiger partial charge is 0.393 e. The molecule has 1 N–H and O–H groups in total. The van der Waals surface area contributed by atoms with Crippen LogP contribution >= 0.6 is 0 Å². The van der Waals surface area contributed by atoms with E-state index in [-0.39, 0.29) is 0 Å². The summed E-state index contributed by atoms with van der Waals surface area (Å²) in [5.41, 5.74) is -7.66. The molecule has 0 aromatic rings. The van der Waals surface area contributed by atoms with E-state index in [1.807, 2.05) is 0 Å². The molecule has 3 unspecified atom stereocenters. The standard InChI is InChI=1S/C10H15F7O2/c1-4-7(3,11)10(16,17)19-6(2)8(12,5-18)9(13,14)15/h6,18H,4-5H2,1-3H3. The van der Waals surface area contributed by atoms with E-state index in [1.54, 1.807) is 0 Å². The van der Waals surface area contributed by atoms with Gasteiger partial charge in [-0.05, 0) is 20.3 Å².